The average Bonchev–Trinajstić information content (AvgIpc) is 2.70. The molecule has 1 aliphatic rings. The minimum absolute atomic E-state index is 0.0305. The number of carbonyl (C=O) groups excluding carboxylic acids is 1. The maximum absolute atomic E-state index is 12.1. The van der Waals surface area contributed by atoms with Gasteiger partial charge in [-0.05, 0) is 76.6 Å². The van der Waals surface area contributed by atoms with Crippen molar-refractivity contribution in [1.29, 1.82) is 0 Å². The fraction of sp³-hybridized carbons (Fsp3) is 0.167. The first kappa shape index (κ1) is 19.4. The first-order chi connectivity index (χ1) is 13.5. The van der Waals surface area contributed by atoms with E-state index >= 15 is 0 Å². The Kier molecular flexibility index (Phi) is 5.59. The summed E-state index contributed by atoms with van der Waals surface area (Å²) in [7, 11) is 0. The zero-order valence-corrected chi connectivity index (χ0v) is 15.9. The van der Waals surface area contributed by atoms with Crippen molar-refractivity contribution in [2.45, 2.75) is 26.7 Å². The molecule has 0 heterocycles. The lowest BCUT2D eigenvalue weighted by Gasteiger charge is -2.18. The number of phenols is 1. The number of aryl methyl sites for hydroxylation is 1. The van der Waals surface area contributed by atoms with Gasteiger partial charge in [-0.3, -0.25) is 4.79 Å². The summed E-state index contributed by atoms with van der Waals surface area (Å²) in [6.07, 6.45) is 6.32. The van der Waals surface area contributed by atoms with E-state index in [4.69, 9.17) is 0 Å². The Labute approximate surface area is 164 Å². The largest absolute Gasteiger partial charge is 0.508 e. The van der Waals surface area contributed by atoms with Crippen molar-refractivity contribution in [3.63, 3.8) is 0 Å². The predicted octanol–water partition coefficient (Wildman–Crippen LogP) is 4.93. The third kappa shape index (κ3) is 3.67. The topological polar surface area (TPSA) is 74.6 Å². The molecular formula is C24H22O4. The number of aromatic hydroxyl groups is 1. The molecule has 0 spiro atoms. The van der Waals surface area contributed by atoms with Gasteiger partial charge in [-0.2, -0.15) is 0 Å². The second kappa shape index (κ2) is 8.09. The molecular weight excluding hydrogens is 352 g/mol. The molecule has 0 unspecified atom stereocenters. The number of allylic oxidation sites excluding steroid dienone is 5. The lowest BCUT2D eigenvalue weighted by atomic mass is 9.86. The second-order valence-corrected chi connectivity index (χ2v) is 6.60. The van der Waals surface area contributed by atoms with Crippen LogP contribution in [0.2, 0.25) is 0 Å². The van der Waals surface area contributed by atoms with Crippen LogP contribution in [-0.2, 0) is 11.2 Å². The molecule has 4 nitrogen and oxygen atoms in total. The first-order valence-corrected chi connectivity index (χ1v) is 9.28. The number of rotatable bonds is 5. The van der Waals surface area contributed by atoms with E-state index in [9.17, 15) is 19.8 Å². The third-order valence-electron chi connectivity index (χ3n) is 4.91. The third-order valence-corrected chi connectivity index (χ3v) is 4.91. The Balaban J connectivity index is 2.35. The van der Waals surface area contributed by atoms with Gasteiger partial charge in [0.1, 0.15) is 5.75 Å². The molecule has 0 saturated heterocycles. The normalized spacial score (nSPS) is 15.4. The number of aromatic carboxylic acids is 1. The minimum Gasteiger partial charge on any atom is -0.508 e. The highest BCUT2D eigenvalue weighted by atomic mass is 16.4. The van der Waals surface area contributed by atoms with Crippen molar-refractivity contribution in [3.05, 3.63) is 94.1 Å². The number of phenolic OH excluding ortho intramolecular Hbond substituents is 1. The highest BCUT2D eigenvalue weighted by Crippen LogP contribution is 2.35. The van der Waals surface area contributed by atoms with Crippen LogP contribution in [0.1, 0.15) is 47.3 Å². The first-order valence-electron chi connectivity index (χ1n) is 9.28. The van der Waals surface area contributed by atoms with Crippen LogP contribution in [0.15, 0.2) is 71.8 Å². The maximum Gasteiger partial charge on any atom is 0.336 e. The Bertz CT molecular complexity index is 1040. The van der Waals surface area contributed by atoms with Crippen LogP contribution in [0.5, 0.6) is 5.75 Å². The molecule has 0 bridgehead atoms. The molecule has 2 N–H and O–H groups in total. The smallest absolute Gasteiger partial charge is 0.336 e. The van der Waals surface area contributed by atoms with Gasteiger partial charge in [-0.1, -0.05) is 44.2 Å². The SMILES string of the molecule is CCC1=CC(=C(c2ccc(O)c(CC)c2)c2ccccc2C(=O)O)C=CC1=O. The van der Waals surface area contributed by atoms with Crippen molar-refractivity contribution < 1.29 is 19.8 Å². The van der Waals surface area contributed by atoms with Crippen molar-refractivity contribution in [2.24, 2.45) is 0 Å². The van der Waals surface area contributed by atoms with E-state index in [2.05, 4.69) is 0 Å². The molecule has 4 heteroatoms. The quantitative estimate of drug-likeness (QED) is 0.778. The molecule has 0 radical (unpaired) electrons. The number of carbonyl (C=O) groups is 2. The van der Waals surface area contributed by atoms with Crippen LogP contribution in [0, 0.1) is 0 Å². The van der Waals surface area contributed by atoms with Crippen LogP contribution in [0.3, 0.4) is 0 Å². The van der Waals surface area contributed by atoms with Crippen molar-refractivity contribution in [2.75, 3.05) is 0 Å². The average molecular weight is 374 g/mol. The minimum atomic E-state index is -1.02. The summed E-state index contributed by atoms with van der Waals surface area (Å²) < 4.78 is 0. The number of carboxylic acids is 1. The molecule has 2 aromatic rings. The lowest BCUT2D eigenvalue weighted by molar-refractivity contribution is -0.111. The summed E-state index contributed by atoms with van der Waals surface area (Å²) in [5.41, 5.74) is 4.51. The number of ketones is 1. The standard InChI is InChI=1S/C24H22O4/c1-3-15-13-17(9-11-21(15)25)23(18-10-12-22(26)16(4-2)14-18)19-7-5-6-8-20(19)24(27)28/h5-14,25H,3-4H2,1-2H3,(H,27,28). The molecule has 0 aromatic heterocycles. The van der Waals surface area contributed by atoms with Crippen LogP contribution >= 0.6 is 0 Å². The van der Waals surface area contributed by atoms with Crippen molar-refractivity contribution >= 4 is 17.3 Å². The summed E-state index contributed by atoms with van der Waals surface area (Å²) in [6.45, 7) is 3.87. The number of hydrogen-bond acceptors (Lipinski definition) is 3. The van der Waals surface area contributed by atoms with E-state index in [1.165, 1.54) is 6.08 Å². The van der Waals surface area contributed by atoms with Crippen LogP contribution in [0.25, 0.3) is 5.57 Å². The lowest BCUT2D eigenvalue weighted by Crippen LogP contribution is -2.07. The van der Waals surface area contributed by atoms with Gasteiger partial charge < -0.3 is 10.2 Å². The molecule has 2 aromatic carbocycles. The molecule has 28 heavy (non-hydrogen) atoms. The van der Waals surface area contributed by atoms with Gasteiger partial charge in [0.15, 0.2) is 5.78 Å². The zero-order valence-electron chi connectivity index (χ0n) is 15.9. The van der Waals surface area contributed by atoms with E-state index in [0.717, 1.165) is 22.3 Å². The van der Waals surface area contributed by atoms with Crippen LogP contribution < -0.4 is 0 Å². The maximum atomic E-state index is 12.1. The second-order valence-electron chi connectivity index (χ2n) is 6.60. The number of benzene rings is 2. The van der Waals surface area contributed by atoms with Crippen molar-refractivity contribution in [3.8, 4) is 5.75 Å². The van der Waals surface area contributed by atoms with E-state index in [1.807, 2.05) is 26.0 Å². The number of carboxylic acid groups (broad SMARTS) is 1. The van der Waals surface area contributed by atoms with Gasteiger partial charge in [0.25, 0.3) is 0 Å². The Morgan fingerprint density at radius 3 is 2.32 bits per heavy atom. The fourth-order valence-electron chi connectivity index (χ4n) is 3.40. The van der Waals surface area contributed by atoms with Crippen molar-refractivity contribution in [1.82, 2.24) is 0 Å². The highest BCUT2D eigenvalue weighted by Gasteiger charge is 2.20. The van der Waals surface area contributed by atoms with E-state index in [0.29, 0.717) is 24.0 Å². The van der Waals surface area contributed by atoms with Crippen LogP contribution in [0.4, 0.5) is 0 Å². The molecule has 0 fully saturated rings. The van der Waals surface area contributed by atoms with E-state index in [-0.39, 0.29) is 17.1 Å². The van der Waals surface area contributed by atoms with Crippen LogP contribution in [-0.4, -0.2) is 22.0 Å². The van der Waals surface area contributed by atoms with Gasteiger partial charge in [0.2, 0.25) is 0 Å². The molecule has 142 valence electrons. The van der Waals surface area contributed by atoms with E-state index < -0.39 is 5.97 Å². The monoisotopic (exact) mass is 374 g/mol. The summed E-state index contributed by atoms with van der Waals surface area (Å²) in [6, 6.07) is 12.1. The van der Waals surface area contributed by atoms with Gasteiger partial charge in [-0.25, -0.2) is 4.79 Å². The predicted molar refractivity (Wildman–Crippen MR) is 109 cm³/mol. The Morgan fingerprint density at radius 2 is 1.68 bits per heavy atom. The van der Waals surface area contributed by atoms with Gasteiger partial charge >= 0.3 is 5.97 Å². The molecule has 0 amide bonds. The molecule has 0 saturated carbocycles. The highest BCUT2D eigenvalue weighted by molar-refractivity contribution is 6.08. The molecule has 0 atom stereocenters. The number of hydrogen-bond donors (Lipinski definition) is 2. The van der Waals surface area contributed by atoms with Gasteiger partial charge in [0, 0.05) is 0 Å². The fourth-order valence-corrected chi connectivity index (χ4v) is 3.40. The molecule has 1 aliphatic carbocycles. The summed E-state index contributed by atoms with van der Waals surface area (Å²) in [5, 5.41) is 19.8. The molecule has 0 aliphatic heterocycles. The summed E-state index contributed by atoms with van der Waals surface area (Å²) in [5.74, 6) is -0.836. The van der Waals surface area contributed by atoms with Gasteiger partial charge in [0.05, 0.1) is 5.56 Å². The summed E-state index contributed by atoms with van der Waals surface area (Å²) >= 11 is 0. The molecule has 3 rings (SSSR count). The summed E-state index contributed by atoms with van der Waals surface area (Å²) in [4.78, 5) is 23.9. The van der Waals surface area contributed by atoms with Gasteiger partial charge in [-0.15, -0.1) is 0 Å². The Morgan fingerprint density at radius 1 is 0.964 bits per heavy atom. The van der Waals surface area contributed by atoms with E-state index in [1.54, 1.807) is 42.5 Å². The Hall–Kier alpha value is -3.40. The zero-order chi connectivity index (χ0) is 20.3.